The van der Waals surface area contributed by atoms with Gasteiger partial charge in [-0.1, -0.05) is 50.1 Å². The van der Waals surface area contributed by atoms with Crippen LogP contribution < -0.4 is 10.6 Å². The minimum atomic E-state index is -0.739. The third-order valence-electron chi connectivity index (χ3n) is 6.64. The predicted molar refractivity (Wildman–Crippen MR) is 106 cm³/mol. The summed E-state index contributed by atoms with van der Waals surface area (Å²) in [6.45, 7) is 2.31. The number of amides is 4. The Hall–Kier alpha value is -2.37. The zero-order valence-electron chi connectivity index (χ0n) is 16.4. The number of rotatable bonds is 6. The van der Waals surface area contributed by atoms with E-state index >= 15 is 0 Å². The standard InChI is InChI=1S/C22H29N3O3/c1-2-12-25-21(27)17(23-22(25)28)13-18(26)24-20-16-11-7-6-10-15(16)19(20)14-8-4-3-5-9-14/h3-5,8-9,15-17,19-20H,2,6-7,10-13H2,1H3,(H,23,28)(H,24,26)/t15-,16+,17+,19-,20-/m0/s1. The SMILES string of the molecule is CCCN1C(=O)N[C@H](CC(=O)N[C@H]2[C@@H]3CCCC[C@@H]3[C@@H]2c2ccccc2)C1=O. The molecule has 4 amide bonds. The summed E-state index contributed by atoms with van der Waals surface area (Å²) in [7, 11) is 0. The molecule has 2 aliphatic carbocycles. The van der Waals surface area contributed by atoms with Gasteiger partial charge in [-0.3, -0.25) is 14.5 Å². The molecule has 1 aliphatic heterocycles. The van der Waals surface area contributed by atoms with Gasteiger partial charge in [0, 0.05) is 18.5 Å². The van der Waals surface area contributed by atoms with Crippen molar-refractivity contribution in [2.45, 2.75) is 63.5 Å². The van der Waals surface area contributed by atoms with E-state index in [1.165, 1.54) is 29.7 Å². The highest BCUT2D eigenvalue weighted by atomic mass is 16.2. The lowest BCUT2D eigenvalue weighted by Crippen LogP contribution is -2.59. The first kappa shape index (κ1) is 19.0. The topological polar surface area (TPSA) is 78.5 Å². The van der Waals surface area contributed by atoms with Crippen LogP contribution in [-0.4, -0.2) is 41.4 Å². The van der Waals surface area contributed by atoms with E-state index in [9.17, 15) is 14.4 Å². The maximum atomic E-state index is 12.7. The van der Waals surface area contributed by atoms with E-state index in [2.05, 4.69) is 34.9 Å². The van der Waals surface area contributed by atoms with Crippen LogP contribution in [0.4, 0.5) is 4.79 Å². The third-order valence-corrected chi connectivity index (χ3v) is 6.64. The predicted octanol–water partition coefficient (Wildman–Crippen LogP) is 2.80. The first-order chi connectivity index (χ1) is 13.6. The summed E-state index contributed by atoms with van der Waals surface area (Å²) in [6.07, 6.45) is 5.59. The molecule has 1 aromatic carbocycles. The molecule has 4 rings (SSSR count). The molecule has 28 heavy (non-hydrogen) atoms. The molecule has 1 heterocycles. The lowest BCUT2D eigenvalue weighted by Gasteiger charge is -2.55. The molecule has 5 atom stereocenters. The number of nitrogens with zero attached hydrogens (tertiary/aromatic N) is 1. The maximum absolute atomic E-state index is 12.7. The van der Waals surface area contributed by atoms with Gasteiger partial charge in [0.05, 0.1) is 6.42 Å². The van der Waals surface area contributed by atoms with Crippen molar-refractivity contribution in [3.63, 3.8) is 0 Å². The molecular formula is C22H29N3O3. The number of fused-ring (bicyclic) bond motifs is 1. The molecule has 1 saturated heterocycles. The van der Waals surface area contributed by atoms with Crippen LogP contribution in [0.3, 0.4) is 0 Å². The molecule has 2 saturated carbocycles. The van der Waals surface area contributed by atoms with E-state index in [4.69, 9.17) is 0 Å². The van der Waals surface area contributed by atoms with Crippen LogP contribution >= 0.6 is 0 Å². The van der Waals surface area contributed by atoms with Gasteiger partial charge in [-0.25, -0.2) is 4.79 Å². The van der Waals surface area contributed by atoms with E-state index in [1.54, 1.807) is 0 Å². The zero-order chi connectivity index (χ0) is 19.7. The highest BCUT2D eigenvalue weighted by Crippen LogP contribution is 2.54. The van der Waals surface area contributed by atoms with Crippen molar-refractivity contribution in [1.29, 1.82) is 0 Å². The van der Waals surface area contributed by atoms with Crippen molar-refractivity contribution >= 4 is 17.8 Å². The van der Waals surface area contributed by atoms with Gasteiger partial charge in [0.25, 0.3) is 5.91 Å². The normalized spacial score (nSPS) is 31.8. The molecule has 3 fully saturated rings. The van der Waals surface area contributed by atoms with E-state index in [0.717, 1.165) is 6.42 Å². The summed E-state index contributed by atoms with van der Waals surface area (Å²) in [5, 5.41) is 5.87. The fraction of sp³-hybridized carbons (Fsp3) is 0.591. The first-order valence-electron chi connectivity index (χ1n) is 10.6. The molecule has 0 spiro atoms. The Bertz CT molecular complexity index is 751. The Morgan fingerprint density at radius 2 is 1.86 bits per heavy atom. The van der Waals surface area contributed by atoms with Crippen molar-refractivity contribution in [1.82, 2.24) is 15.5 Å². The molecule has 6 nitrogen and oxygen atoms in total. The van der Waals surface area contributed by atoms with Gasteiger partial charge in [-0.15, -0.1) is 0 Å². The number of carbonyl (C=O) groups excluding carboxylic acids is 3. The number of urea groups is 1. The van der Waals surface area contributed by atoms with E-state index in [0.29, 0.717) is 30.7 Å². The Morgan fingerprint density at radius 3 is 2.57 bits per heavy atom. The van der Waals surface area contributed by atoms with E-state index < -0.39 is 6.04 Å². The van der Waals surface area contributed by atoms with Crippen LogP contribution in [0.5, 0.6) is 0 Å². The molecule has 150 valence electrons. The molecule has 0 aromatic heterocycles. The number of benzene rings is 1. The van der Waals surface area contributed by atoms with Crippen molar-refractivity contribution in [2.75, 3.05) is 6.54 Å². The van der Waals surface area contributed by atoms with Crippen LogP contribution in [0, 0.1) is 11.8 Å². The van der Waals surface area contributed by atoms with Crippen LogP contribution in [0.15, 0.2) is 30.3 Å². The van der Waals surface area contributed by atoms with E-state index in [1.807, 2.05) is 13.0 Å². The quantitative estimate of drug-likeness (QED) is 0.742. The summed E-state index contributed by atoms with van der Waals surface area (Å²) in [5.74, 6) is 1.07. The summed E-state index contributed by atoms with van der Waals surface area (Å²) in [4.78, 5) is 38.3. The second kappa shape index (κ2) is 7.94. The Labute approximate surface area is 166 Å². The number of nitrogens with one attached hydrogen (secondary N) is 2. The average Bonchev–Trinajstić information content (AvgIpc) is 2.95. The average molecular weight is 383 g/mol. The van der Waals surface area contributed by atoms with Crippen LogP contribution in [0.1, 0.15) is 56.9 Å². The Kier molecular flexibility index (Phi) is 5.38. The van der Waals surface area contributed by atoms with Crippen LogP contribution in [0.2, 0.25) is 0 Å². The van der Waals surface area contributed by atoms with Crippen molar-refractivity contribution < 1.29 is 14.4 Å². The molecule has 2 N–H and O–H groups in total. The lowest BCUT2D eigenvalue weighted by molar-refractivity contribution is -0.132. The summed E-state index contributed by atoms with van der Waals surface area (Å²) < 4.78 is 0. The smallest absolute Gasteiger partial charge is 0.324 e. The monoisotopic (exact) mass is 383 g/mol. The van der Waals surface area contributed by atoms with Gasteiger partial charge < -0.3 is 10.6 Å². The molecule has 3 aliphatic rings. The summed E-state index contributed by atoms with van der Waals surface area (Å²) >= 11 is 0. The lowest BCUT2D eigenvalue weighted by atomic mass is 9.53. The highest BCUT2D eigenvalue weighted by Gasteiger charge is 2.52. The van der Waals surface area contributed by atoms with Gasteiger partial charge in [0.2, 0.25) is 5.91 Å². The fourth-order valence-electron chi connectivity index (χ4n) is 5.37. The molecule has 0 radical (unpaired) electrons. The highest BCUT2D eigenvalue weighted by molar-refractivity contribution is 6.05. The van der Waals surface area contributed by atoms with Crippen molar-refractivity contribution in [3.05, 3.63) is 35.9 Å². The van der Waals surface area contributed by atoms with Crippen molar-refractivity contribution in [2.24, 2.45) is 11.8 Å². The van der Waals surface area contributed by atoms with Gasteiger partial charge in [0.15, 0.2) is 0 Å². The summed E-state index contributed by atoms with van der Waals surface area (Å²) in [6, 6.07) is 9.43. The summed E-state index contributed by atoms with van der Waals surface area (Å²) in [5.41, 5.74) is 1.29. The van der Waals surface area contributed by atoms with Gasteiger partial charge >= 0.3 is 6.03 Å². The second-order valence-corrected chi connectivity index (χ2v) is 8.34. The molecule has 1 aromatic rings. The Balaban J connectivity index is 1.41. The van der Waals surface area contributed by atoms with Gasteiger partial charge in [-0.2, -0.15) is 0 Å². The van der Waals surface area contributed by atoms with Crippen LogP contribution in [-0.2, 0) is 9.59 Å². The van der Waals surface area contributed by atoms with E-state index in [-0.39, 0.29) is 30.3 Å². The second-order valence-electron chi connectivity index (χ2n) is 8.34. The van der Waals surface area contributed by atoms with Gasteiger partial charge in [-0.05, 0) is 36.7 Å². The largest absolute Gasteiger partial charge is 0.352 e. The molecule has 0 unspecified atom stereocenters. The molecule has 6 heteroatoms. The fourth-order valence-corrected chi connectivity index (χ4v) is 5.37. The molecular weight excluding hydrogens is 354 g/mol. The Morgan fingerprint density at radius 1 is 1.14 bits per heavy atom. The minimum Gasteiger partial charge on any atom is -0.352 e. The zero-order valence-corrected chi connectivity index (χ0v) is 16.4. The van der Waals surface area contributed by atoms with Crippen molar-refractivity contribution in [3.8, 4) is 0 Å². The van der Waals surface area contributed by atoms with Gasteiger partial charge in [0.1, 0.15) is 6.04 Å². The van der Waals surface area contributed by atoms with Crippen LogP contribution in [0.25, 0.3) is 0 Å². The molecule has 0 bridgehead atoms. The number of imide groups is 1. The minimum absolute atomic E-state index is 0.0141. The third kappa shape index (κ3) is 3.40. The number of carbonyl (C=O) groups is 3. The number of hydrogen-bond donors (Lipinski definition) is 2. The first-order valence-corrected chi connectivity index (χ1v) is 10.6. The number of hydrogen-bond acceptors (Lipinski definition) is 3. The maximum Gasteiger partial charge on any atom is 0.324 e.